The summed E-state index contributed by atoms with van der Waals surface area (Å²) in [4.78, 5) is 47.1. The Morgan fingerprint density at radius 3 is 1.07 bits per heavy atom. The maximum Gasteiger partial charge on any atom is 0.300 e. The molecule has 0 amide bonds. The van der Waals surface area contributed by atoms with Crippen LogP contribution in [0.2, 0.25) is 20.1 Å². The van der Waals surface area contributed by atoms with Crippen molar-refractivity contribution >= 4 is 104 Å². The molecule has 0 spiro atoms. The Hall–Kier alpha value is -4.91. The Morgan fingerprint density at radius 1 is 0.429 bits per heavy atom. The van der Waals surface area contributed by atoms with Crippen molar-refractivity contribution in [3.63, 3.8) is 0 Å². The van der Waals surface area contributed by atoms with Crippen molar-refractivity contribution in [1.82, 2.24) is 0 Å². The summed E-state index contributed by atoms with van der Waals surface area (Å²) in [5, 5.41) is 47.1. The predicted molar refractivity (Wildman–Crippen MR) is 216 cm³/mol. The number of hydrogen-bond donors (Lipinski definition) is 0. The molecule has 0 radical (unpaired) electrons. The van der Waals surface area contributed by atoms with E-state index < -0.39 is 42.2 Å². The summed E-state index contributed by atoms with van der Waals surface area (Å²) < 4.78 is 14.7. The number of halogens is 4. The van der Waals surface area contributed by atoms with E-state index in [1.807, 2.05) is 0 Å². The fraction of sp³-hybridized carbons (Fsp3) is 0. The number of hydrogen-bond acceptors (Lipinski definition) is 11. The number of nitro groups is 4. The quantitative estimate of drug-likeness (QED) is 0.0644. The van der Waals surface area contributed by atoms with Crippen molar-refractivity contribution < 1.29 is 24.2 Å². The van der Waals surface area contributed by atoms with Gasteiger partial charge in [-0.15, -0.1) is 0 Å². The minimum Gasteiger partial charge on any atom is -0.606 e. The van der Waals surface area contributed by atoms with Crippen molar-refractivity contribution in [2.75, 3.05) is 0 Å². The molecule has 0 unspecified atom stereocenters. The molecule has 20 heteroatoms. The van der Waals surface area contributed by atoms with E-state index in [9.17, 15) is 45.0 Å². The second kappa shape index (κ2) is 17.1. The van der Waals surface area contributed by atoms with Gasteiger partial charge < -0.3 is 4.55 Å². The van der Waals surface area contributed by atoms with E-state index in [2.05, 4.69) is 0 Å². The van der Waals surface area contributed by atoms with E-state index in [0.29, 0.717) is 19.6 Å². The molecule has 0 aliphatic heterocycles. The minimum atomic E-state index is -2.32. The Labute approximate surface area is 347 Å². The maximum absolute atomic E-state index is 14.7. The van der Waals surface area contributed by atoms with E-state index in [-0.39, 0.29) is 63.5 Å². The van der Waals surface area contributed by atoms with Crippen LogP contribution in [0.4, 0.5) is 22.7 Å². The van der Waals surface area contributed by atoms with Crippen LogP contribution >= 0.6 is 69.9 Å². The molecule has 0 saturated carbocycles. The van der Waals surface area contributed by atoms with Gasteiger partial charge in [-0.3, -0.25) is 40.5 Å². The van der Waals surface area contributed by atoms with Gasteiger partial charge in [-0.05, 0) is 83.9 Å². The third kappa shape index (κ3) is 8.57. The van der Waals surface area contributed by atoms with Gasteiger partial charge >= 0.3 is 11.4 Å². The van der Waals surface area contributed by atoms with Crippen LogP contribution < -0.4 is 0 Å². The molecule has 0 aromatic heterocycles. The van der Waals surface area contributed by atoms with E-state index in [0.717, 1.165) is 0 Å². The molecule has 0 N–H and O–H groups in total. The molecular formula is C36H18Cl4N4O9S3. The first kappa shape index (κ1) is 40.7. The third-order valence-corrected chi connectivity index (χ3v) is 12.7. The third-order valence-electron chi connectivity index (χ3n) is 7.93. The summed E-state index contributed by atoms with van der Waals surface area (Å²) in [7, 11) is 0. The second-order valence-corrected chi connectivity index (χ2v) is 16.7. The molecule has 0 heterocycles. The molecule has 56 heavy (non-hydrogen) atoms. The predicted octanol–water partition coefficient (Wildman–Crippen LogP) is 12.7. The van der Waals surface area contributed by atoms with Gasteiger partial charge in [0.05, 0.1) is 19.7 Å². The summed E-state index contributed by atoms with van der Waals surface area (Å²) in [5.41, 5.74) is -1.40. The van der Waals surface area contributed by atoms with Gasteiger partial charge in [-0.1, -0.05) is 94.2 Å². The fourth-order valence-corrected chi connectivity index (χ4v) is 9.43. The van der Waals surface area contributed by atoms with Gasteiger partial charge in [0.1, 0.15) is 31.2 Å². The first-order valence-corrected chi connectivity index (χ1v) is 19.7. The average Bonchev–Trinajstić information content (AvgIpc) is 3.16. The number of rotatable bonds is 12. The zero-order valence-electron chi connectivity index (χ0n) is 27.6. The van der Waals surface area contributed by atoms with E-state index in [4.69, 9.17) is 46.4 Å². The van der Waals surface area contributed by atoms with Crippen LogP contribution in [0.5, 0.6) is 0 Å². The molecule has 0 atom stereocenters. The summed E-state index contributed by atoms with van der Waals surface area (Å²) in [6.45, 7) is 0. The highest BCUT2D eigenvalue weighted by Crippen LogP contribution is 2.48. The van der Waals surface area contributed by atoms with E-state index >= 15 is 0 Å². The Bertz CT molecular complexity index is 2410. The van der Waals surface area contributed by atoms with E-state index in [1.165, 1.54) is 96.3 Å². The Morgan fingerprint density at radius 2 is 0.750 bits per heavy atom. The SMILES string of the molecule is O=[N+]([O-])c1cc(Sc2ccc(-c3c([S+]([O-])c4ccc(Cl)c([N+](=O)[O-])c4-c4ccc(Sc5ccc(Cl)c([N+](=O)[O-])c5)cc4)ccc(Cl)c3[N+](=O)[O-])cc2)ccc1Cl. The lowest BCUT2D eigenvalue weighted by Gasteiger charge is -2.18. The van der Waals surface area contributed by atoms with Crippen LogP contribution in [-0.2, 0) is 11.2 Å². The highest BCUT2D eigenvalue weighted by atomic mass is 35.5. The Kier molecular flexibility index (Phi) is 12.4. The van der Waals surface area contributed by atoms with Gasteiger partial charge in [0.25, 0.3) is 11.4 Å². The van der Waals surface area contributed by atoms with Gasteiger partial charge in [-0.25, -0.2) is 0 Å². The zero-order valence-corrected chi connectivity index (χ0v) is 33.1. The molecule has 282 valence electrons. The van der Waals surface area contributed by atoms with Crippen molar-refractivity contribution in [1.29, 1.82) is 0 Å². The first-order chi connectivity index (χ1) is 26.6. The topological polar surface area (TPSA) is 196 Å². The van der Waals surface area contributed by atoms with Crippen molar-refractivity contribution in [3.05, 3.63) is 170 Å². The number of nitrogens with zero attached hydrogens (tertiary/aromatic N) is 4. The summed E-state index contributed by atoms with van der Waals surface area (Å²) >= 11 is 24.6. The molecule has 13 nitrogen and oxygen atoms in total. The zero-order chi connectivity index (χ0) is 40.4. The van der Waals surface area contributed by atoms with Crippen LogP contribution in [0.3, 0.4) is 0 Å². The van der Waals surface area contributed by atoms with Crippen LogP contribution in [0, 0.1) is 40.5 Å². The maximum atomic E-state index is 14.7. The summed E-state index contributed by atoms with van der Waals surface area (Å²) in [6.07, 6.45) is 0. The molecular weight excluding hydrogens is 870 g/mol. The standard InChI is InChI=1S/C36H18Cl4N4O9S3/c37-25-11-9-23(17-29(25)41(45)46)54-21-5-1-19(2-6-21)33-31(15-13-27(39)35(33)43(49)50)56(53)32-16-14-28(40)36(44(51)52)34(32)20-3-7-22(8-4-20)55-24-10-12-26(38)30(18-24)42(47)48/h1-18H. The second-order valence-electron chi connectivity index (χ2n) is 11.3. The van der Waals surface area contributed by atoms with Crippen LogP contribution in [-0.4, -0.2) is 24.2 Å². The van der Waals surface area contributed by atoms with Crippen molar-refractivity contribution in [2.24, 2.45) is 0 Å². The van der Waals surface area contributed by atoms with Crippen LogP contribution in [0.1, 0.15) is 0 Å². The average molecular weight is 889 g/mol. The molecule has 0 fully saturated rings. The van der Waals surface area contributed by atoms with Crippen LogP contribution in [0.25, 0.3) is 22.3 Å². The first-order valence-electron chi connectivity index (χ1n) is 15.4. The number of benzene rings is 6. The molecule has 6 rings (SSSR count). The fourth-order valence-electron chi connectivity index (χ4n) is 5.48. The monoisotopic (exact) mass is 886 g/mol. The molecule has 0 bridgehead atoms. The minimum absolute atomic E-state index is 0.0297. The summed E-state index contributed by atoms with van der Waals surface area (Å²) in [6, 6.07) is 26.3. The normalized spacial score (nSPS) is 11.1. The molecule has 0 aliphatic rings. The Balaban J connectivity index is 1.42. The molecule has 6 aromatic rings. The van der Waals surface area contributed by atoms with E-state index in [1.54, 1.807) is 36.4 Å². The lowest BCUT2D eigenvalue weighted by molar-refractivity contribution is -0.385. The lowest BCUT2D eigenvalue weighted by atomic mass is 10.0. The van der Waals surface area contributed by atoms with Gasteiger partial charge in [0.15, 0.2) is 9.79 Å². The highest BCUT2D eigenvalue weighted by molar-refractivity contribution is 7.99. The van der Waals surface area contributed by atoms with Gasteiger partial charge in [0.2, 0.25) is 0 Å². The lowest BCUT2D eigenvalue weighted by Crippen LogP contribution is -2.09. The number of nitro benzene ring substituents is 4. The molecule has 6 aromatic carbocycles. The van der Waals surface area contributed by atoms with Gasteiger partial charge in [0, 0.05) is 42.9 Å². The van der Waals surface area contributed by atoms with Crippen molar-refractivity contribution in [2.45, 2.75) is 29.4 Å². The van der Waals surface area contributed by atoms with Crippen molar-refractivity contribution in [3.8, 4) is 22.3 Å². The molecule has 0 aliphatic carbocycles. The largest absolute Gasteiger partial charge is 0.606 e. The molecule has 0 saturated heterocycles. The highest BCUT2D eigenvalue weighted by Gasteiger charge is 2.35. The smallest absolute Gasteiger partial charge is 0.300 e. The summed E-state index contributed by atoms with van der Waals surface area (Å²) in [5.74, 6) is 0. The van der Waals surface area contributed by atoms with Gasteiger partial charge in [-0.2, -0.15) is 0 Å². The van der Waals surface area contributed by atoms with Crippen LogP contribution in [0.15, 0.2) is 139 Å².